The summed E-state index contributed by atoms with van der Waals surface area (Å²) >= 11 is 1.43. The first-order valence-corrected chi connectivity index (χ1v) is 11.8. The van der Waals surface area contributed by atoms with E-state index in [0.29, 0.717) is 10.7 Å². The summed E-state index contributed by atoms with van der Waals surface area (Å²) in [5.41, 5.74) is 7.81. The van der Waals surface area contributed by atoms with Gasteiger partial charge in [-0.1, -0.05) is 50.2 Å². The molecule has 6 nitrogen and oxygen atoms in total. The Hall–Kier alpha value is -3.81. The normalized spacial score (nSPS) is 11.7. The van der Waals surface area contributed by atoms with Crippen LogP contribution in [-0.4, -0.2) is 21.4 Å². The van der Waals surface area contributed by atoms with Gasteiger partial charge in [-0.2, -0.15) is 5.17 Å². The molecule has 0 spiro atoms. The van der Waals surface area contributed by atoms with Gasteiger partial charge in [0.15, 0.2) is 0 Å². The van der Waals surface area contributed by atoms with E-state index in [-0.39, 0.29) is 17.2 Å². The van der Waals surface area contributed by atoms with Crippen LogP contribution in [0.4, 0.5) is 10.7 Å². The number of hydrogen-bond acceptors (Lipinski definition) is 6. The van der Waals surface area contributed by atoms with Crippen LogP contribution in [0.25, 0.3) is 21.6 Å². The molecule has 7 heteroatoms. The molecule has 174 valence electrons. The fourth-order valence-corrected chi connectivity index (χ4v) is 4.56. The first-order chi connectivity index (χ1) is 16.4. The van der Waals surface area contributed by atoms with Crippen molar-refractivity contribution in [3.05, 3.63) is 90.0 Å². The molecule has 0 radical (unpaired) electrons. The molecular formula is C27H26N2O4S. The Labute approximate surface area is 202 Å². The Morgan fingerprint density at radius 2 is 1.56 bits per heavy atom. The first kappa shape index (κ1) is 23.4. The molecule has 4 N–H and O–H groups in total. The predicted molar refractivity (Wildman–Crippen MR) is 137 cm³/mol. The number of aromatic hydroxyl groups is 1. The summed E-state index contributed by atoms with van der Waals surface area (Å²) in [5.74, 6) is -0.611. The summed E-state index contributed by atoms with van der Waals surface area (Å²) in [4.78, 5) is 12.4. The number of nitrogens with zero attached hydrogens (tertiary/aromatic N) is 1. The van der Waals surface area contributed by atoms with Crippen molar-refractivity contribution in [1.82, 2.24) is 0 Å². The van der Waals surface area contributed by atoms with Crippen LogP contribution in [0.5, 0.6) is 5.75 Å². The summed E-state index contributed by atoms with van der Waals surface area (Å²) in [7, 11) is 0. The number of carboxylic acids is 1. The van der Waals surface area contributed by atoms with E-state index in [4.69, 9.17) is 0 Å². The summed E-state index contributed by atoms with van der Waals surface area (Å²) in [6, 6.07) is 23.8. The third-order valence-corrected chi connectivity index (χ3v) is 6.95. The maximum Gasteiger partial charge on any atom is 0.335 e. The van der Waals surface area contributed by atoms with Crippen molar-refractivity contribution in [2.24, 2.45) is 0 Å². The number of hydrogen-bond donors (Lipinski definition) is 4. The van der Waals surface area contributed by atoms with Gasteiger partial charge >= 0.3 is 5.97 Å². The number of phenolic OH excluding ortho intramolecular Hbond substituents is 1. The molecule has 0 fully saturated rings. The summed E-state index contributed by atoms with van der Waals surface area (Å²) < 4.78 is 0. The van der Waals surface area contributed by atoms with Gasteiger partial charge in [0.1, 0.15) is 10.8 Å². The van der Waals surface area contributed by atoms with E-state index in [1.807, 2.05) is 62.4 Å². The monoisotopic (exact) mass is 474 g/mol. The lowest BCUT2D eigenvalue weighted by molar-refractivity contribution is 0.0696. The van der Waals surface area contributed by atoms with Gasteiger partial charge in [-0.15, -0.1) is 11.3 Å². The van der Waals surface area contributed by atoms with Crippen molar-refractivity contribution in [2.75, 3.05) is 10.6 Å². The van der Waals surface area contributed by atoms with Crippen LogP contribution in [0, 0.1) is 0 Å². The van der Waals surface area contributed by atoms with Crippen molar-refractivity contribution in [3.8, 4) is 27.3 Å². The molecule has 0 amide bonds. The quantitative estimate of drug-likeness (QED) is 0.201. The topological polar surface area (TPSA) is 93.0 Å². The van der Waals surface area contributed by atoms with E-state index in [1.54, 1.807) is 24.3 Å². The summed E-state index contributed by atoms with van der Waals surface area (Å²) in [6.45, 7) is 4.07. The number of phenols is 1. The minimum absolute atomic E-state index is 0.126. The molecule has 1 aromatic heterocycles. The van der Waals surface area contributed by atoms with Gasteiger partial charge < -0.3 is 10.2 Å². The fraction of sp³-hybridized carbons (Fsp3) is 0.148. The van der Waals surface area contributed by atoms with Crippen molar-refractivity contribution in [3.63, 3.8) is 0 Å². The van der Waals surface area contributed by atoms with Crippen LogP contribution in [0.2, 0.25) is 0 Å². The van der Waals surface area contributed by atoms with Gasteiger partial charge in [0.05, 0.1) is 11.3 Å². The van der Waals surface area contributed by atoms with Gasteiger partial charge in [-0.05, 0) is 77.1 Å². The third-order valence-electron chi connectivity index (χ3n) is 5.84. The van der Waals surface area contributed by atoms with Crippen molar-refractivity contribution in [2.45, 2.75) is 26.2 Å². The molecule has 1 heterocycles. The van der Waals surface area contributed by atoms with Crippen LogP contribution >= 0.6 is 11.3 Å². The molecule has 0 aliphatic rings. The fourth-order valence-electron chi connectivity index (χ4n) is 3.67. The van der Waals surface area contributed by atoms with Gasteiger partial charge in [-0.25, -0.2) is 4.79 Å². The van der Waals surface area contributed by atoms with Crippen LogP contribution in [0.15, 0.2) is 78.9 Å². The second-order valence-electron chi connectivity index (χ2n) is 8.10. The lowest BCUT2D eigenvalue weighted by atomic mass is 9.95. The number of rotatable bonds is 8. The van der Waals surface area contributed by atoms with Gasteiger partial charge in [0.2, 0.25) is 0 Å². The third kappa shape index (κ3) is 5.06. The van der Waals surface area contributed by atoms with Crippen LogP contribution in [0.1, 0.15) is 42.1 Å². The number of thiophene rings is 1. The zero-order valence-electron chi connectivity index (χ0n) is 18.9. The molecular weight excluding hydrogens is 448 g/mol. The Morgan fingerprint density at radius 3 is 2.18 bits per heavy atom. The van der Waals surface area contributed by atoms with Crippen LogP contribution in [-0.2, 0) is 0 Å². The molecule has 34 heavy (non-hydrogen) atoms. The smallest absolute Gasteiger partial charge is 0.335 e. The first-order valence-electron chi connectivity index (χ1n) is 11.0. The standard InChI is InChI=1S/C27H26N2O4S/c1-3-17(2)23-16-21(27(31)32)10-13-24(23)28-29(33)26-15-14-25(34-26)20-6-4-18(5-7-20)19-8-11-22(30)12-9-19/h4-17,28,30,33H,3H2,1-2H3,(H,31,32). The van der Waals surface area contributed by atoms with E-state index in [2.05, 4.69) is 5.43 Å². The molecule has 4 rings (SSSR count). The number of nitrogens with one attached hydrogen (secondary N) is 1. The SMILES string of the molecule is CCC(C)c1cc(C(=O)O)ccc1NN(O)c1ccc(-c2ccc(-c3ccc(O)cc3)cc2)s1. The lowest BCUT2D eigenvalue weighted by Crippen LogP contribution is -2.25. The molecule has 1 unspecified atom stereocenters. The minimum atomic E-state index is -0.976. The predicted octanol–water partition coefficient (Wildman–Crippen LogP) is 7.22. The molecule has 0 aliphatic carbocycles. The number of carboxylic acid groups (broad SMARTS) is 1. The van der Waals surface area contributed by atoms with Gasteiger partial charge in [0, 0.05) is 4.88 Å². The molecule has 0 bridgehead atoms. The highest BCUT2D eigenvalue weighted by Gasteiger charge is 2.16. The highest BCUT2D eigenvalue weighted by Crippen LogP contribution is 2.35. The lowest BCUT2D eigenvalue weighted by Gasteiger charge is -2.22. The van der Waals surface area contributed by atoms with E-state index >= 15 is 0 Å². The molecule has 4 aromatic rings. The van der Waals surface area contributed by atoms with E-state index in [1.165, 1.54) is 17.4 Å². The molecule has 0 aliphatic heterocycles. The highest BCUT2D eigenvalue weighted by molar-refractivity contribution is 7.19. The minimum Gasteiger partial charge on any atom is -0.508 e. The average Bonchev–Trinajstić information content (AvgIpc) is 3.35. The maximum absolute atomic E-state index is 11.4. The molecule has 0 saturated heterocycles. The highest BCUT2D eigenvalue weighted by atomic mass is 32.1. The zero-order valence-corrected chi connectivity index (χ0v) is 19.7. The van der Waals surface area contributed by atoms with Crippen molar-refractivity contribution < 1.29 is 20.2 Å². The number of anilines is 2. The Balaban J connectivity index is 1.52. The number of carbonyl (C=O) groups is 1. The van der Waals surface area contributed by atoms with E-state index < -0.39 is 5.97 Å². The second kappa shape index (κ2) is 9.99. The summed E-state index contributed by atoms with van der Waals surface area (Å²) in [5, 5.41) is 31.1. The van der Waals surface area contributed by atoms with Crippen LogP contribution in [0.3, 0.4) is 0 Å². The number of benzene rings is 3. The number of hydrazine groups is 1. The van der Waals surface area contributed by atoms with Gasteiger partial charge in [-0.3, -0.25) is 10.6 Å². The molecule has 0 saturated carbocycles. The van der Waals surface area contributed by atoms with E-state index in [0.717, 1.165) is 38.7 Å². The zero-order chi connectivity index (χ0) is 24.2. The molecule has 3 aromatic carbocycles. The largest absolute Gasteiger partial charge is 0.508 e. The maximum atomic E-state index is 11.4. The molecule has 1 atom stereocenters. The van der Waals surface area contributed by atoms with Gasteiger partial charge in [0.25, 0.3) is 0 Å². The second-order valence-corrected chi connectivity index (χ2v) is 9.16. The van der Waals surface area contributed by atoms with Crippen molar-refractivity contribution >= 4 is 28.0 Å². The van der Waals surface area contributed by atoms with Crippen molar-refractivity contribution in [1.29, 1.82) is 0 Å². The Bertz CT molecular complexity index is 1280. The average molecular weight is 475 g/mol. The Kier molecular flexibility index (Phi) is 6.86. The Morgan fingerprint density at radius 1 is 0.941 bits per heavy atom. The van der Waals surface area contributed by atoms with E-state index in [9.17, 15) is 20.2 Å². The number of aromatic carboxylic acids is 1. The summed E-state index contributed by atoms with van der Waals surface area (Å²) in [6.07, 6.45) is 0.840. The van der Waals surface area contributed by atoms with Crippen LogP contribution < -0.4 is 10.6 Å².